The zero-order valence-corrected chi connectivity index (χ0v) is 11.3. The van der Waals surface area contributed by atoms with Gasteiger partial charge in [0.05, 0.1) is 6.04 Å². The molecule has 0 unspecified atom stereocenters. The lowest BCUT2D eigenvalue weighted by atomic mass is 10.1. The molecule has 3 rings (SSSR count). The van der Waals surface area contributed by atoms with E-state index in [1.54, 1.807) is 6.20 Å². The molecule has 0 amide bonds. The van der Waals surface area contributed by atoms with Crippen molar-refractivity contribution in [2.45, 2.75) is 25.4 Å². The highest BCUT2D eigenvalue weighted by molar-refractivity contribution is 5.20. The molecule has 1 heterocycles. The molecule has 0 spiro atoms. The first-order valence-electron chi connectivity index (χ1n) is 6.80. The maximum atomic E-state index is 13.6. The largest absolute Gasteiger partial charge is 0.337 e. The number of benzene rings is 1. The van der Waals surface area contributed by atoms with Gasteiger partial charge in [-0.05, 0) is 30.9 Å². The van der Waals surface area contributed by atoms with Crippen molar-refractivity contribution in [2.75, 3.05) is 0 Å². The van der Waals surface area contributed by atoms with Crippen LogP contribution >= 0.6 is 0 Å². The summed E-state index contributed by atoms with van der Waals surface area (Å²) < 4.78 is 29.2. The van der Waals surface area contributed by atoms with Gasteiger partial charge in [-0.1, -0.05) is 6.07 Å². The Morgan fingerprint density at radius 1 is 1.35 bits per heavy atom. The van der Waals surface area contributed by atoms with E-state index in [4.69, 9.17) is 0 Å². The highest BCUT2D eigenvalue weighted by Crippen LogP contribution is 2.40. The predicted molar refractivity (Wildman–Crippen MR) is 71.9 cm³/mol. The molecule has 0 saturated heterocycles. The Labute approximate surface area is 116 Å². The van der Waals surface area contributed by atoms with Gasteiger partial charge in [-0.3, -0.25) is 0 Å². The second kappa shape index (κ2) is 5.32. The van der Waals surface area contributed by atoms with Gasteiger partial charge in [-0.2, -0.15) is 0 Å². The van der Waals surface area contributed by atoms with Crippen LogP contribution in [-0.2, 0) is 13.6 Å². The number of rotatable bonds is 5. The lowest BCUT2D eigenvalue weighted by Gasteiger charge is -2.18. The van der Waals surface area contributed by atoms with Crippen molar-refractivity contribution in [2.24, 2.45) is 13.0 Å². The molecule has 106 valence electrons. The molecule has 0 bridgehead atoms. The van der Waals surface area contributed by atoms with Gasteiger partial charge < -0.3 is 9.88 Å². The van der Waals surface area contributed by atoms with Crippen LogP contribution in [0.15, 0.2) is 30.6 Å². The molecule has 1 aromatic carbocycles. The summed E-state index contributed by atoms with van der Waals surface area (Å²) in [5.74, 6) is 0.411. The number of hydrogen-bond acceptors (Lipinski definition) is 2. The number of imidazole rings is 1. The summed E-state index contributed by atoms with van der Waals surface area (Å²) >= 11 is 0. The van der Waals surface area contributed by atoms with E-state index in [-0.39, 0.29) is 18.2 Å². The number of halogens is 2. The molecule has 1 N–H and O–H groups in total. The number of hydrogen-bond donors (Lipinski definition) is 1. The predicted octanol–water partition coefficient (Wildman–Crippen LogP) is 2.94. The Kier molecular flexibility index (Phi) is 3.53. The van der Waals surface area contributed by atoms with E-state index in [1.165, 1.54) is 18.2 Å². The van der Waals surface area contributed by atoms with Gasteiger partial charge >= 0.3 is 0 Å². The molecule has 1 saturated carbocycles. The van der Waals surface area contributed by atoms with E-state index in [0.29, 0.717) is 5.92 Å². The minimum Gasteiger partial charge on any atom is -0.337 e. The molecule has 0 aliphatic heterocycles. The number of nitrogens with one attached hydrogen (secondary N) is 1. The fraction of sp³-hybridized carbons (Fsp3) is 0.400. The van der Waals surface area contributed by atoms with E-state index in [9.17, 15) is 8.78 Å². The SMILES string of the molecule is Cn1ccnc1[C@H](NCc1c(F)cccc1F)C1CC1. The Balaban J connectivity index is 1.77. The second-order valence-electron chi connectivity index (χ2n) is 5.29. The van der Waals surface area contributed by atoms with Crippen molar-refractivity contribution >= 4 is 0 Å². The van der Waals surface area contributed by atoms with Crippen molar-refractivity contribution in [3.63, 3.8) is 0 Å². The van der Waals surface area contributed by atoms with Crippen molar-refractivity contribution < 1.29 is 8.78 Å². The topological polar surface area (TPSA) is 29.9 Å². The fourth-order valence-corrected chi connectivity index (χ4v) is 2.49. The van der Waals surface area contributed by atoms with Gasteiger partial charge in [0.15, 0.2) is 0 Å². The molecular weight excluding hydrogens is 260 g/mol. The van der Waals surface area contributed by atoms with Crippen molar-refractivity contribution in [1.82, 2.24) is 14.9 Å². The monoisotopic (exact) mass is 277 g/mol. The van der Waals surface area contributed by atoms with Gasteiger partial charge in [0.1, 0.15) is 17.5 Å². The molecule has 0 radical (unpaired) electrons. The van der Waals surface area contributed by atoms with Crippen molar-refractivity contribution in [3.05, 3.63) is 53.6 Å². The van der Waals surface area contributed by atoms with Crippen LogP contribution in [0.1, 0.15) is 30.3 Å². The quantitative estimate of drug-likeness (QED) is 0.910. The molecular formula is C15H17F2N3. The van der Waals surface area contributed by atoms with Crippen LogP contribution in [0, 0.1) is 17.6 Å². The molecule has 20 heavy (non-hydrogen) atoms. The van der Waals surface area contributed by atoms with Crippen LogP contribution in [0.2, 0.25) is 0 Å². The summed E-state index contributed by atoms with van der Waals surface area (Å²) in [7, 11) is 1.93. The average Bonchev–Trinajstić information content (AvgIpc) is 3.16. The Bertz CT molecular complexity index is 585. The van der Waals surface area contributed by atoms with Gasteiger partial charge in [0.25, 0.3) is 0 Å². The minimum atomic E-state index is -0.508. The molecule has 1 aliphatic rings. The third-order valence-corrected chi connectivity index (χ3v) is 3.79. The van der Waals surface area contributed by atoms with Gasteiger partial charge in [-0.15, -0.1) is 0 Å². The van der Waals surface area contributed by atoms with Gasteiger partial charge in [0, 0.05) is 31.5 Å². The highest BCUT2D eigenvalue weighted by atomic mass is 19.1. The summed E-state index contributed by atoms with van der Waals surface area (Å²) in [6, 6.07) is 4.00. The fourth-order valence-electron chi connectivity index (χ4n) is 2.49. The third-order valence-electron chi connectivity index (χ3n) is 3.79. The Morgan fingerprint density at radius 3 is 2.60 bits per heavy atom. The zero-order chi connectivity index (χ0) is 14.1. The molecule has 1 atom stereocenters. The highest BCUT2D eigenvalue weighted by Gasteiger charge is 2.34. The van der Waals surface area contributed by atoms with Crippen LogP contribution in [0.4, 0.5) is 8.78 Å². The smallest absolute Gasteiger partial charge is 0.130 e. The standard InChI is InChI=1S/C15H17F2N3/c1-20-8-7-18-15(20)14(10-5-6-10)19-9-11-12(16)3-2-4-13(11)17/h2-4,7-8,10,14,19H,5-6,9H2,1H3/t14-/m1/s1. The molecule has 1 aliphatic carbocycles. The Morgan fingerprint density at radius 2 is 2.05 bits per heavy atom. The summed E-state index contributed by atoms with van der Waals surface area (Å²) in [6.45, 7) is 0.173. The van der Waals surface area contributed by atoms with E-state index < -0.39 is 11.6 Å². The maximum absolute atomic E-state index is 13.6. The minimum absolute atomic E-state index is 0.0500. The first-order valence-corrected chi connectivity index (χ1v) is 6.80. The summed E-state index contributed by atoms with van der Waals surface area (Å²) in [6.07, 6.45) is 5.89. The van der Waals surface area contributed by atoms with Crippen LogP contribution in [0.5, 0.6) is 0 Å². The van der Waals surface area contributed by atoms with Crippen molar-refractivity contribution in [1.29, 1.82) is 0 Å². The zero-order valence-electron chi connectivity index (χ0n) is 11.3. The molecule has 3 nitrogen and oxygen atoms in total. The second-order valence-corrected chi connectivity index (χ2v) is 5.29. The van der Waals surface area contributed by atoms with Crippen LogP contribution in [0.25, 0.3) is 0 Å². The third kappa shape index (κ3) is 2.58. The average molecular weight is 277 g/mol. The van der Waals surface area contributed by atoms with Crippen LogP contribution in [-0.4, -0.2) is 9.55 Å². The number of aryl methyl sites for hydroxylation is 1. The van der Waals surface area contributed by atoms with E-state index >= 15 is 0 Å². The first-order chi connectivity index (χ1) is 9.66. The number of nitrogens with zero attached hydrogens (tertiary/aromatic N) is 2. The maximum Gasteiger partial charge on any atom is 0.130 e. The van der Waals surface area contributed by atoms with Gasteiger partial charge in [0.2, 0.25) is 0 Å². The van der Waals surface area contributed by atoms with Crippen LogP contribution in [0.3, 0.4) is 0 Å². The summed E-state index contributed by atoms with van der Waals surface area (Å²) in [5.41, 5.74) is 0.0901. The molecule has 2 aromatic rings. The summed E-state index contributed by atoms with van der Waals surface area (Å²) in [4.78, 5) is 4.35. The van der Waals surface area contributed by atoms with Crippen molar-refractivity contribution in [3.8, 4) is 0 Å². The van der Waals surface area contributed by atoms with E-state index in [0.717, 1.165) is 18.7 Å². The van der Waals surface area contributed by atoms with Gasteiger partial charge in [-0.25, -0.2) is 13.8 Å². The lowest BCUT2D eigenvalue weighted by Crippen LogP contribution is -2.26. The normalized spacial score (nSPS) is 16.4. The number of aromatic nitrogens is 2. The van der Waals surface area contributed by atoms with Crippen LogP contribution < -0.4 is 5.32 Å². The molecule has 1 fully saturated rings. The first kappa shape index (κ1) is 13.2. The lowest BCUT2D eigenvalue weighted by molar-refractivity contribution is 0.431. The molecule has 1 aromatic heterocycles. The van der Waals surface area contributed by atoms with E-state index in [2.05, 4.69) is 10.3 Å². The van der Waals surface area contributed by atoms with E-state index in [1.807, 2.05) is 17.8 Å². The Hall–Kier alpha value is -1.75. The summed E-state index contributed by atoms with van der Waals surface area (Å²) in [5, 5.41) is 3.26. The molecule has 5 heteroatoms.